The van der Waals surface area contributed by atoms with Crippen LogP contribution in [0.5, 0.6) is 5.75 Å². The molecule has 1 aliphatic carbocycles. The summed E-state index contributed by atoms with van der Waals surface area (Å²) in [5.74, 6) is 1.73. The molecule has 1 fully saturated rings. The van der Waals surface area contributed by atoms with Gasteiger partial charge in [-0.2, -0.15) is 0 Å². The second kappa shape index (κ2) is 4.94. The van der Waals surface area contributed by atoms with E-state index in [4.69, 9.17) is 10.5 Å². The van der Waals surface area contributed by atoms with Crippen LogP contribution in [0.25, 0.3) is 0 Å². The fourth-order valence-electron chi connectivity index (χ4n) is 2.41. The van der Waals surface area contributed by atoms with E-state index >= 15 is 0 Å². The highest BCUT2D eigenvalue weighted by Crippen LogP contribution is 2.33. The zero-order valence-electron chi connectivity index (χ0n) is 10.4. The molecule has 0 radical (unpaired) electrons. The van der Waals surface area contributed by atoms with E-state index in [1.807, 2.05) is 0 Å². The van der Waals surface area contributed by atoms with E-state index in [1.54, 1.807) is 6.07 Å². The van der Waals surface area contributed by atoms with Crippen LogP contribution in [0, 0.1) is 17.7 Å². The van der Waals surface area contributed by atoms with Crippen molar-refractivity contribution in [3.8, 4) is 5.75 Å². The van der Waals surface area contributed by atoms with Gasteiger partial charge in [0, 0.05) is 6.07 Å². The number of rotatable bonds is 2. The molecule has 3 atom stereocenters. The molecule has 3 unspecified atom stereocenters. The Morgan fingerprint density at radius 2 is 2.00 bits per heavy atom. The zero-order valence-corrected chi connectivity index (χ0v) is 10.4. The molecule has 0 bridgehead atoms. The lowest BCUT2D eigenvalue weighted by molar-refractivity contribution is 0.101. The quantitative estimate of drug-likeness (QED) is 0.797. The van der Waals surface area contributed by atoms with Gasteiger partial charge in [0.15, 0.2) is 0 Å². The average Bonchev–Trinajstić information content (AvgIpc) is 2.27. The van der Waals surface area contributed by atoms with E-state index in [9.17, 15) is 4.39 Å². The maximum atomic E-state index is 12.9. The maximum Gasteiger partial charge on any atom is 0.142 e. The molecule has 0 amide bonds. The first-order valence-electron chi connectivity index (χ1n) is 6.28. The number of nitrogen functional groups attached to an aromatic ring is 1. The van der Waals surface area contributed by atoms with Gasteiger partial charge in [0.2, 0.25) is 0 Å². The van der Waals surface area contributed by atoms with Gasteiger partial charge < -0.3 is 10.5 Å². The molecule has 0 spiro atoms. The van der Waals surface area contributed by atoms with Crippen LogP contribution in [0.2, 0.25) is 0 Å². The average molecular weight is 237 g/mol. The Hall–Kier alpha value is -1.25. The number of ether oxygens (including phenoxy) is 1. The highest BCUT2D eigenvalue weighted by Gasteiger charge is 2.26. The first-order valence-corrected chi connectivity index (χ1v) is 6.28. The molecule has 1 aromatic rings. The van der Waals surface area contributed by atoms with Crippen molar-refractivity contribution >= 4 is 5.69 Å². The normalized spacial score (nSPS) is 29.0. The Morgan fingerprint density at radius 1 is 1.24 bits per heavy atom. The summed E-state index contributed by atoms with van der Waals surface area (Å²) >= 11 is 0. The highest BCUT2D eigenvalue weighted by molar-refractivity contribution is 5.52. The van der Waals surface area contributed by atoms with E-state index in [0.29, 0.717) is 17.4 Å². The number of benzene rings is 1. The molecule has 1 saturated carbocycles. The summed E-state index contributed by atoms with van der Waals surface area (Å²) in [6.45, 7) is 4.54. The Morgan fingerprint density at radius 3 is 2.65 bits per heavy atom. The maximum absolute atomic E-state index is 12.9. The summed E-state index contributed by atoms with van der Waals surface area (Å²) in [7, 11) is 0. The van der Waals surface area contributed by atoms with Crippen molar-refractivity contribution in [3.63, 3.8) is 0 Å². The van der Waals surface area contributed by atoms with Crippen LogP contribution in [0.1, 0.15) is 33.1 Å². The number of anilines is 1. The minimum absolute atomic E-state index is 0.217. The Bertz CT molecular complexity index is 394. The minimum Gasteiger partial charge on any atom is -0.488 e. The van der Waals surface area contributed by atoms with Crippen LogP contribution in [0.3, 0.4) is 0 Å². The van der Waals surface area contributed by atoms with Crippen molar-refractivity contribution in [1.82, 2.24) is 0 Å². The van der Waals surface area contributed by atoms with Gasteiger partial charge in [-0.25, -0.2) is 4.39 Å². The van der Waals surface area contributed by atoms with Crippen LogP contribution >= 0.6 is 0 Å². The van der Waals surface area contributed by atoms with E-state index in [0.717, 1.165) is 18.8 Å². The second-order valence-corrected chi connectivity index (χ2v) is 5.19. The lowest BCUT2D eigenvalue weighted by Crippen LogP contribution is -2.29. The first-order chi connectivity index (χ1) is 8.06. The van der Waals surface area contributed by atoms with Gasteiger partial charge in [0.05, 0.1) is 11.8 Å². The van der Waals surface area contributed by atoms with E-state index < -0.39 is 0 Å². The van der Waals surface area contributed by atoms with Crippen molar-refractivity contribution in [3.05, 3.63) is 24.0 Å². The van der Waals surface area contributed by atoms with Gasteiger partial charge in [-0.3, -0.25) is 0 Å². The summed E-state index contributed by atoms with van der Waals surface area (Å²) in [6, 6.07) is 4.32. The van der Waals surface area contributed by atoms with Gasteiger partial charge in [0.25, 0.3) is 0 Å². The Kier molecular flexibility index (Phi) is 3.55. The number of hydrogen-bond acceptors (Lipinski definition) is 2. The fourth-order valence-corrected chi connectivity index (χ4v) is 2.41. The summed E-state index contributed by atoms with van der Waals surface area (Å²) in [6.07, 6.45) is 3.52. The first kappa shape index (κ1) is 12.2. The minimum atomic E-state index is -0.319. The Balaban J connectivity index is 2.01. The summed E-state index contributed by atoms with van der Waals surface area (Å²) in [5, 5.41) is 0. The van der Waals surface area contributed by atoms with E-state index in [-0.39, 0.29) is 11.9 Å². The molecule has 2 rings (SSSR count). The summed E-state index contributed by atoms with van der Waals surface area (Å²) < 4.78 is 18.8. The predicted molar refractivity (Wildman–Crippen MR) is 67.4 cm³/mol. The lowest BCUT2D eigenvalue weighted by atomic mass is 9.80. The van der Waals surface area contributed by atoms with Crippen LogP contribution in [0.4, 0.5) is 10.1 Å². The molecule has 17 heavy (non-hydrogen) atoms. The van der Waals surface area contributed by atoms with Gasteiger partial charge >= 0.3 is 0 Å². The smallest absolute Gasteiger partial charge is 0.142 e. The van der Waals surface area contributed by atoms with E-state index in [1.165, 1.54) is 18.6 Å². The van der Waals surface area contributed by atoms with Crippen LogP contribution in [-0.4, -0.2) is 6.10 Å². The molecule has 1 aliphatic rings. The predicted octanol–water partition coefficient (Wildman–Crippen LogP) is 3.61. The second-order valence-electron chi connectivity index (χ2n) is 5.19. The molecule has 1 aromatic carbocycles. The lowest BCUT2D eigenvalue weighted by Gasteiger charge is -2.32. The van der Waals surface area contributed by atoms with Gasteiger partial charge in [-0.1, -0.05) is 13.8 Å². The Labute approximate surface area is 102 Å². The molecule has 94 valence electrons. The van der Waals surface area contributed by atoms with Crippen LogP contribution in [-0.2, 0) is 0 Å². The monoisotopic (exact) mass is 237 g/mol. The van der Waals surface area contributed by atoms with Crippen LogP contribution in [0.15, 0.2) is 18.2 Å². The van der Waals surface area contributed by atoms with Crippen molar-refractivity contribution in [2.75, 3.05) is 5.73 Å². The van der Waals surface area contributed by atoms with E-state index in [2.05, 4.69) is 13.8 Å². The molecule has 0 heterocycles. The largest absolute Gasteiger partial charge is 0.488 e. The molecule has 2 nitrogen and oxygen atoms in total. The van der Waals surface area contributed by atoms with Gasteiger partial charge in [-0.05, 0) is 43.2 Å². The SMILES string of the molecule is CC1CCC(Oc2ccc(F)cc2N)CC1C. The van der Waals surface area contributed by atoms with Crippen LogP contribution < -0.4 is 10.5 Å². The molecular formula is C14H20FNO. The van der Waals surface area contributed by atoms with Gasteiger partial charge in [-0.15, -0.1) is 0 Å². The third-order valence-electron chi connectivity index (χ3n) is 3.82. The standard InChI is InChI=1S/C14H20FNO/c1-9-3-5-12(7-10(9)2)17-14-6-4-11(15)8-13(14)16/h4,6,8-10,12H,3,5,7,16H2,1-2H3. The van der Waals surface area contributed by atoms with Crippen molar-refractivity contribution in [2.45, 2.75) is 39.2 Å². The highest BCUT2D eigenvalue weighted by atomic mass is 19.1. The zero-order chi connectivity index (χ0) is 12.4. The summed E-state index contributed by atoms with van der Waals surface area (Å²) in [4.78, 5) is 0. The molecule has 0 saturated heterocycles. The molecule has 2 N–H and O–H groups in total. The topological polar surface area (TPSA) is 35.2 Å². The molecule has 0 aliphatic heterocycles. The number of nitrogens with two attached hydrogens (primary N) is 1. The van der Waals surface area contributed by atoms with Crippen molar-refractivity contribution in [2.24, 2.45) is 11.8 Å². The number of hydrogen-bond donors (Lipinski definition) is 1. The third-order valence-corrected chi connectivity index (χ3v) is 3.82. The molecule has 0 aromatic heterocycles. The molecule has 3 heteroatoms. The van der Waals surface area contributed by atoms with Crippen molar-refractivity contribution < 1.29 is 9.13 Å². The van der Waals surface area contributed by atoms with Gasteiger partial charge in [0.1, 0.15) is 11.6 Å². The summed E-state index contributed by atoms with van der Waals surface area (Å²) in [5.41, 5.74) is 6.12. The molecular weight excluding hydrogens is 217 g/mol. The number of halogens is 1. The van der Waals surface area contributed by atoms with Crippen molar-refractivity contribution in [1.29, 1.82) is 0 Å². The third kappa shape index (κ3) is 2.90. The fraction of sp³-hybridized carbons (Fsp3) is 0.571.